The molecule has 0 amide bonds. The average Bonchev–Trinajstić information content (AvgIpc) is 3.46. The highest BCUT2D eigenvalue weighted by Crippen LogP contribution is 2.35. The van der Waals surface area contributed by atoms with E-state index in [4.69, 9.17) is 62.7 Å². The summed E-state index contributed by atoms with van der Waals surface area (Å²) in [5.41, 5.74) is 19.2. The molecule has 9 aromatic carbocycles. The van der Waals surface area contributed by atoms with Gasteiger partial charge < -0.3 is 4.74 Å². The topological polar surface area (TPSA) is 9.23 Å². The summed E-state index contributed by atoms with van der Waals surface area (Å²) in [4.78, 5) is 0. The Morgan fingerprint density at radius 3 is 0.929 bits per heavy atom. The molecule has 0 spiro atoms. The maximum absolute atomic E-state index is 12.6. The van der Waals surface area contributed by atoms with Crippen LogP contribution in [0.2, 0.25) is 25.1 Å². The monoisotopic (exact) mass is 1240 g/mol. The molecule has 0 aromatic heterocycles. The maximum Gasteiger partial charge on any atom is 0.417 e. The molecule has 9 rings (SSSR count). The molecule has 0 aliphatic rings. The summed E-state index contributed by atoms with van der Waals surface area (Å²) in [6.45, 7) is 37.0. The van der Waals surface area contributed by atoms with E-state index < -0.39 is 11.7 Å². The van der Waals surface area contributed by atoms with Gasteiger partial charge in [0.15, 0.2) is 0 Å². The van der Waals surface area contributed by atoms with E-state index in [0.717, 1.165) is 50.7 Å². The molecule has 0 N–H and O–H groups in total. The van der Waals surface area contributed by atoms with Gasteiger partial charge in [-0.15, -0.1) is 0 Å². The van der Waals surface area contributed by atoms with Gasteiger partial charge in [0.2, 0.25) is 0 Å². The first-order valence-electron chi connectivity index (χ1n) is 27.5. The molecular weight excluding hydrogens is 1160 g/mol. The summed E-state index contributed by atoms with van der Waals surface area (Å²) in [6, 6.07) is 56.4. The van der Waals surface area contributed by atoms with Crippen molar-refractivity contribution < 1.29 is 22.3 Å². The lowest BCUT2D eigenvalue weighted by Gasteiger charge is -2.08. The minimum absolute atomic E-state index is 0.116. The molecule has 0 bridgehead atoms. The summed E-state index contributed by atoms with van der Waals surface area (Å²) in [7, 11) is 0. The van der Waals surface area contributed by atoms with E-state index in [2.05, 4.69) is 166 Å². The molecule has 0 aliphatic carbocycles. The quantitative estimate of drug-likeness (QED) is 0.157. The fourth-order valence-electron chi connectivity index (χ4n) is 6.83. The van der Waals surface area contributed by atoms with Gasteiger partial charge in [-0.2, -0.15) is 13.2 Å². The van der Waals surface area contributed by atoms with Crippen molar-refractivity contribution in [2.75, 3.05) is 6.61 Å². The smallest absolute Gasteiger partial charge is 0.417 e. The normalized spacial score (nSPS) is 9.89. The van der Waals surface area contributed by atoms with Crippen LogP contribution in [0.4, 0.5) is 17.6 Å². The summed E-state index contributed by atoms with van der Waals surface area (Å²) >= 11 is 28.3. The van der Waals surface area contributed by atoms with Crippen LogP contribution in [0, 0.1) is 124 Å². The molecule has 84 heavy (non-hydrogen) atoms. The first kappa shape index (κ1) is 76.0. The lowest BCUT2D eigenvalue weighted by Crippen LogP contribution is -2.05. The van der Waals surface area contributed by atoms with E-state index in [-0.39, 0.29) is 10.8 Å². The Morgan fingerprint density at radius 1 is 0.286 bits per heavy atom. The number of halogens is 9. The Hall–Kier alpha value is -6.05. The second-order valence-corrected chi connectivity index (χ2v) is 22.8. The zero-order valence-electron chi connectivity index (χ0n) is 52.3. The molecule has 0 atom stereocenters. The molecular formula is C74H85Cl5F4O. The summed E-state index contributed by atoms with van der Waals surface area (Å²) in [5, 5.41) is 2.68. The zero-order chi connectivity index (χ0) is 63.9. The Bertz CT molecular complexity index is 3000. The van der Waals surface area contributed by atoms with Crippen molar-refractivity contribution in [1.29, 1.82) is 0 Å². The molecule has 0 heterocycles. The van der Waals surface area contributed by atoms with Crippen molar-refractivity contribution in [3.63, 3.8) is 0 Å². The SMILES string of the molecule is CCOc1cc(C)ccc1C.Cc1ccc(C)c(C)c1.Cc1ccc(C)c(Cl)c1.Cc1ccc(C)c(F)c1.Cc1ccc(C)cc1.Cc1ccc(C)cc1.Cc1ccc(Cl)c(C(F)(F)F)c1.Cc1ccc(Cl)c(C)c1.Cc1ccc(Cl)c(Cl)c1. The van der Waals surface area contributed by atoms with Gasteiger partial charge in [-0.25, -0.2) is 4.39 Å². The second kappa shape index (κ2) is 39.5. The van der Waals surface area contributed by atoms with Gasteiger partial charge >= 0.3 is 6.18 Å². The van der Waals surface area contributed by atoms with Crippen LogP contribution in [0.3, 0.4) is 0 Å². The number of alkyl halides is 3. The zero-order valence-corrected chi connectivity index (χ0v) is 56.0. The van der Waals surface area contributed by atoms with Gasteiger partial charge in [0.05, 0.1) is 27.2 Å². The Morgan fingerprint density at radius 2 is 0.607 bits per heavy atom. The van der Waals surface area contributed by atoms with Gasteiger partial charge in [0.25, 0.3) is 0 Å². The van der Waals surface area contributed by atoms with Crippen molar-refractivity contribution >= 4 is 58.0 Å². The van der Waals surface area contributed by atoms with Crippen molar-refractivity contribution in [2.45, 2.75) is 131 Å². The molecule has 450 valence electrons. The van der Waals surface area contributed by atoms with Crippen LogP contribution in [0.1, 0.15) is 107 Å². The van der Waals surface area contributed by atoms with Crippen molar-refractivity contribution in [1.82, 2.24) is 0 Å². The van der Waals surface area contributed by atoms with E-state index in [9.17, 15) is 17.6 Å². The van der Waals surface area contributed by atoms with Crippen LogP contribution in [-0.2, 0) is 6.18 Å². The Balaban J connectivity index is 0.000000474. The van der Waals surface area contributed by atoms with Gasteiger partial charge in [-0.05, 0) is 229 Å². The summed E-state index contributed by atoms with van der Waals surface area (Å²) in [6.07, 6.45) is -4.36. The van der Waals surface area contributed by atoms with E-state index in [1.165, 1.54) is 79.4 Å². The number of aryl methyl sites for hydroxylation is 17. The maximum atomic E-state index is 12.6. The van der Waals surface area contributed by atoms with Crippen LogP contribution < -0.4 is 4.74 Å². The highest BCUT2D eigenvalue weighted by Gasteiger charge is 2.33. The van der Waals surface area contributed by atoms with Crippen molar-refractivity contribution in [2.24, 2.45) is 0 Å². The highest BCUT2D eigenvalue weighted by molar-refractivity contribution is 6.42. The van der Waals surface area contributed by atoms with Crippen LogP contribution in [0.15, 0.2) is 176 Å². The van der Waals surface area contributed by atoms with Crippen molar-refractivity contribution in [3.05, 3.63) is 307 Å². The van der Waals surface area contributed by atoms with Gasteiger partial charge in [0.1, 0.15) is 11.6 Å². The summed E-state index contributed by atoms with van der Waals surface area (Å²) < 4.78 is 54.4. The standard InChI is InChI=1S/C10H14O.C9H12.C8H6ClF3.2C8H9Cl.C8H9F.2C8H10.C7H6Cl2/c1-4-11-10-7-8(2)5-6-9(10)3;1-7-4-5-8(2)9(3)6-7;1-5-2-3-7(9)6(4-5)8(10,11)12;1-6-3-4-8(9)7(2)5-6;2*1-6-3-4-7(2)8(9)5-6;2*1-7-3-5-8(2)6-4-7;1-5-2-3-6(8)7(9)4-5/h5-7H,4H2,1-3H3;4-6H,1-3H3;2-4H,1H3;3*3-5H,1-2H3;2*3-6H,1-2H3;2-4H,1H3. The fourth-order valence-corrected chi connectivity index (χ4v) is 7.76. The van der Waals surface area contributed by atoms with Gasteiger partial charge in [-0.1, -0.05) is 224 Å². The molecule has 1 nitrogen and oxygen atoms in total. The predicted octanol–water partition coefficient (Wildman–Crippen LogP) is 25.2. The predicted molar refractivity (Wildman–Crippen MR) is 360 cm³/mol. The molecule has 0 fully saturated rings. The lowest BCUT2D eigenvalue weighted by atomic mass is 10.1. The third-order valence-corrected chi connectivity index (χ3v) is 14.1. The second-order valence-electron chi connectivity index (χ2n) is 20.8. The lowest BCUT2D eigenvalue weighted by molar-refractivity contribution is -0.137. The highest BCUT2D eigenvalue weighted by atomic mass is 35.5. The van der Waals surface area contributed by atoms with Crippen LogP contribution in [-0.4, -0.2) is 6.61 Å². The Labute approximate surface area is 527 Å². The Kier molecular flexibility index (Phi) is 35.8. The minimum atomic E-state index is -4.36. The number of rotatable bonds is 2. The van der Waals surface area contributed by atoms with E-state index in [1.54, 1.807) is 26.0 Å². The number of benzene rings is 9. The number of hydrogen-bond donors (Lipinski definition) is 0. The largest absolute Gasteiger partial charge is 0.494 e. The van der Waals surface area contributed by atoms with E-state index >= 15 is 0 Å². The van der Waals surface area contributed by atoms with Crippen LogP contribution >= 0.6 is 58.0 Å². The van der Waals surface area contributed by atoms with Gasteiger partial charge in [-0.3, -0.25) is 0 Å². The third-order valence-electron chi connectivity index (χ3n) is 12.2. The fraction of sp³-hybridized carbons (Fsp3) is 0.270. The molecule has 0 saturated heterocycles. The number of ether oxygens (including phenoxy) is 1. The molecule has 0 aliphatic heterocycles. The first-order chi connectivity index (χ1) is 39.2. The van der Waals surface area contributed by atoms with Crippen molar-refractivity contribution in [3.8, 4) is 5.75 Å². The average molecular weight is 1240 g/mol. The molecule has 0 unspecified atom stereocenters. The first-order valence-corrected chi connectivity index (χ1v) is 29.3. The molecule has 9 aromatic rings. The third kappa shape index (κ3) is 32.9. The number of hydrogen-bond acceptors (Lipinski definition) is 1. The molecule has 0 radical (unpaired) electrons. The van der Waals surface area contributed by atoms with Crippen LogP contribution in [0.5, 0.6) is 5.75 Å². The van der Waals surface area contributed by atoms with E-state index in [1.807, 2.05) is 84.0 Å². The summed E-state index contributed by atoms with van der Waals surface area (Å²) in [5.74, 6) is 0.891. The minimum Gasteiger partial charge on any atom is -0.494 e. The van der Waals surface area contributed by atoms with Crippen LogP contribution in [0.25, 0.3) is 0 Å². The van der Waals surface area contributed by atoms with E-state index in [0.29, 0.717) is 21.2 Å². The molecule has 0 saturated carbocycles. The van der Waals surface area contributed by atoms with Gasteiger partial charge in [0, 0.05) is 10.0 Å². The molecule has 10 heteroatoms.